The van der Waals surface area contributed by atoms with Crippen LogP contribution in [0, 0.1) is 11.7 Å². The number of phenols is 1. The number of carboxylic acids is 1. The van der Waals surface area contributed by atoms with E-state index in [0.717, 1.165) is 25.9 Å². The number of carbonyl (C=O) groups is 1. The van der Waals surface area contributed by atoms with Crippen LogP contribution in [0.3, 0.4) is 0 Å². The van der Waals surface area contributed by atoms with Crippen molar-refractivity contribution in [3.05, 3.63) is 29.6 Å². The molecule has 0 radical (unpaired) electrons. The number of aliphatic carboxylic acids is 1. The Morgan fingerprint density at radius 3 is 2.70 bits per heavy atom. The summed E-state index contributed by atoms with van der Waals surface area (Å²) in [6.45, 7) is 3.48. The standard InChI is InChI=1S/C15H20FNO3/c1-10(13-9-12(16)2-3-14(13)18)17-6-4-11(5-7-17)8-15(19)20/h2-3,9-11,18H,4-8H2,1H3,(H,19,20). The smallest absolute Gasteiger partial charge is 0.303 e. The molecule has 1 fully saturated rings. The molecule has 0 aromatic heterocycles. The number of rotatable bonds is 4. The van der Waals surface area contributed by atoms with Gasteiger partial charge in [-0.25, -0.2) is 4.39 Å². The fourth-order valence-corrected chi connectivity index (χ4v) is 2.85. The van der Waals surface area contributed by atoms with Gasteiger partial charge in [0.15, 0.2) is 0 Å². The van der Waals surface area contributed by atoms with E-state index in [1.165, 1.54) is 18.2 Å². The predicted molar refractivity (Wildman–Crippen MR) is 73.0 cm³/mol. The monoisotopic (exact) mass is 281 g/mol. The topological polar surface area (TPSA) is 60.8 Å². The summed E-state index contributed by atoms with van der Waals surface area (Å²) in [5.41, 5.74) is 0.585. The Bertz CT molecular complexity index is 484. The molecule has 5 heteroatoms. The van der Waals surface area contributed by atoms with E-state index < -0.39 is 5.97 Å². The number of halogens is 1. The minimum atomic E-state index is -0.751. The van der Waals surface area contributed by atoms with E-state index in [0.29, 0.717) is 5.56 Å². The third-order valence-electron chi connectivity index (χ3n) is 4.10. The molecule has 0 amide bonds. The van der Waals surface area contributed by atoms with E-state index in [1.54, 1.807) is 0 Å². The summed E-state index contributed by atoms with van der Waals surface area (Å²) < 4.78 is 13.3. The molecule has 1 saturated heterocycles. The number of nitrogens with zero attached hydrogens (tertiary/aromatic N) is 1. The van der Waals surface area contributed by atoms with Gasteiger partial charge >= 0.3 is 5.97 Å². The summed E-state index contributed by atoms with van der Waals surface area (Å²) in [4.78, 5) is 12.9. The zero-order chi connectivity index (χ0) is 14.7. The van der Waals surface area contributed by atoms with Gasteiger partial charge in [-0.3, -0.25) is 9.69 Å². The highest BCUT2D eigenvalue weighted by molar-refractivity contribution is 5.67. The number of hydrogen-bond donors (Lipinski definition) is 2. The van der Waals surface area contributed by atoms with Crippen LogP contribution in [-0.4, -0.2) is 34.2 Å². The van der Waals surface area contributed by atoms with Crippen molar-refractivity contribution in [1.29, 1.82) is 0 Å². The van der Waals surface area contributed by atoms with Crippen LogP contribution in [0.4, 0.5) is 4.39 Å². The average molecular weight is 281 g/mol. The summed E-state index contributed by atoms with van der Waals surface area (Å²) >= 11 is 0. The Labute approximate surface area is 117 Å². The number of hydrogen-bond acceptors (Lipinski definition) is 3. The minimum absolute atomic E-state index is 0.0727. The van der Waals surface area contributed by atoms with E-state index in [1.807, 2.05) is 6.92 Å². The van der Waals surface area contributed by atoms with Gasteiger partial charge in [0, 0.05) is 18.0 Å². The predicted octanol–water partition coefficient (Wildman–Crippen LogP) is 2.78. The SMILES string of the molecule is CC(c1cc(F)ccc1O)N1CCC(CC(=O)O)CC1. The van der Waals surface area contributed by atoms with Crippen molar-refractivity contribution < 1.29 is 19.4 Å². The summed E-state index contributed by atoms with van der Waals surface area (Å²) in [5, 5.41) is 18.6. The largest absolute Gasteiger partial charge is 0.508 e. The molecule has 1 aromatic carbocycles. The molecule has 20 heavy (non-hydrogen) atoms. The van der Waals surface area contributed by atoms with Gasteiger partial charge in [0.2, 0.25) is 0 Å². The van der Waals surface area contributed by atoms with Crippen molar-refractivity contribution in [2.45, 2.75) is 32.2 Å². The summed E-state index contributed by atoms with van der Waals surface area (Å²) in [5.74, 6) is -0.784. The summed E-state index contributed by atoms with van der Waals surface area (Å²) in [6, 6.07) is 3.91. The van der Waals surface area contributed by atoms with Gasteiger partial charge in [-0.05, 0) is 57.0 Å². The lowest BCUT2D eigenvalue weighted by Crippen LogP contribution is -2.36. The Morgan fingerprint density at radius 2 is 2.10 bits per heavy atom. The van der Waals surface area contributed by atoms with Crippen molar-refractivity contribution in [3.8, 4) is 5.75 Å². The maximum atomic E-state index is 13.3. The molecule has 1 unspecified atom stereocenters. The van der Waals surface area contributed by atoms with Crippen molar-refractivity contribution in [2.75, 3.05) is 13.1 Å². The lowest BCUT2D eigenvalue weighted by molar-refractivity contribution is -0.138. The Hall–Kier alpha value is -1.62. The highest BCUT2D eigenvalue weighted by Crippen LogP contribution is 2.32. The van der Waals surface area contributed by atoms with E-state index in [9.17, 15) is 14.3 Å². The first-order chi connectivity index (χ1) is 9.47. The molecule has 0 spiro atoms. The van der Waals surface area contributed by atoms with E-state index >= 15 is 0 Å². The number of carboxylic acid groups (broad SMARTS) is 1. The van der Waals surface area contributed by atoms with Gasteiger partial charge < -0.3 is 10.2 Å². The fraction of sp³-hybridized carbons (Fsp3) is 0.533. The Morgan fingerprint density at radius 1 is 1.45 bits per heavy atom. The normalized spacial score (nSPS) is 18.9. The number of benzene rings is 1. The van der Waals surface area contributed by atoms with Gasteiger partial charge in [0.25, 0.3) is 0 Å². The summed E-state index contributed by atoms with van der Waals surface area (Å²) in [7, 11) is 0. The molecule has 1 aliphatic heterocycles. The third kappa shape index (κ3) is 3.48. The molecule has 1 atom stereocenters. The van der Waals surface area contributed by atoms with Gasteiger partial charge in [-0.15, -0.1) is 0 Å². The second-order valence-corrected chi connectivity index (χ2v) is 5.46. The van der Waals surface area contributed by atoms with Crippen molar-refractivity contribution in [2.24, 2.45) is 5.92 Å². The molecule has 0 saturated carbocycles. The first kappa shape index (κ1) is 14.8. The van der Waals surface area contributed by atoms with Crippen LogP contribution >= 0.6 is 0 Å². The molecule has 2 rings (SSSR count). The second kappa shape index (κ2) is 6.22. The van der Waals surface area contributed by atoms with Crippen molar-refractivity contribution in [1.82, 2.24) is 4.90 Å². The third-order valence-corrected chi connectivity index (χ3v) is 4.10. The maximum absolute atomic E-state index is 13.3. The van der Waals surface area contributed by atoms with Crippen LogP contribution in [0.15, 0.2) is 18.2 Å². The number of piperidine rings is 1. The van der Waals surface area contributed by atoms with Gasteiger partial charge in [-0.2, -0.15) is 0 Å². The zero-order valence-corrected chi connectivity index (χ0v) is 11.6. The molecular formula is C15H20FNO3. The first-order valence-corrected chi connectivity index (χ1v) is 6.91. The highest BCUT2D eigenvalue weighted by Gasteiger charge is 2.26. The zero-order valence-electron chi connectivity index (χ0n) is 11.6. The fourth-order valence-electron chi connectivity index (χ4n) is 2.85. The first-order valence-electron chi connectivity index (χ1n) is 6.91. The van der Waals surface area contributed by atoms with Crippen LogP contribution in [0.5, 0.6) is 5.75 Å². The van der Waals surface area contributed by atoms with E-state index in [4.69, 9.17) is 5.11 Å². The minimum Gasteiger partial charge on any atom is -0.508 e. The van der Waals surface area contributed by atoms with Crippen LogP contribution in [-0.2, 0) is 4.79 Å². The summed E-state index contributed by atoms with van der Waals surface area (Å²) in [6.07, 6.45) is 1.87. The number of phenolic OH excluding ortho intramolecular Hbond substituents is 1. The van der Waals surface area contributed by atoms with Gasteiger partial charge in [-0.1, -0.05) is 0 Å². The van der Waals surface area contributed by atoms with Crippen LogP contribution in [0.2, 0.25) is 0 Å². The van der Waals surface area contributed by atoms with Gasteiger partial charge in [0.1, 0.15) is 11.6 Å². The molecular weight excluding hydrogens is 261 g/mol. The van der Waals surface area contributed by atoms with Crippen molar-refractivity contribution >= 4 is 5.97 Å². The Kier molecular flexibility index (Phi) is 4.60. The second-order valence-electron chi connectivity index (χ2n) is 5.46. The molecule has 0 bridgehead atoms. The Balaban J connectivity index is 1.99. The molecule has 1 heterocycles. The van der Waals surface area contributed by atoms with E-state index in [-0.39, 0.29) is 29.9 Å². The molecule has 2 N–H and O–H groups in total. The maximum Gasteiger partial charge on any atom is 0.303 e. The lowest BCUT2D eigenvalue weighted by atomic mass is 9.92. The number of aromatic hydroxyl groups is 1. The van der Waals surface area contributed by atoms with Crippen LogP contribution in [0.25, 0.3) is 0 Å². The highest BCUT2D eigenvalue weighted by atomic mass is 19.1. The molecule has 4 nitrogen and oxygen atoms in total. The van der Waals surface area contributed by atoms with Crippen molar-refractivity contribution in [3.63, 3.8) is 0 Å². The molecule has 1 aliphatic rings. The lowest BCUT2D eigenvalue weighted by Gasteiger charge is -2.36. The molecule has 0 aliphatic carbocycles. The average Bonchev–Trinajstić information content (AvgIpc) is 2.41. The number of likely N-dealkylation sites (tertiary alicyclic amines) is 1. The molecule has 1 aromatic rings. The van der Waals surface area contributed by atoms with E-state index in [2.05, 4.69) is 4.90 Å². The quantitative estimate of drug-likeness (QED) is 0.891. The molecule has 110 valence electrons. The van der Waals surface area contributed by atoms with Gasteiger partial charge in [0.05, 0.1) is 0 Å². The van der Waals surface area contributed by atoms with Crippen LogP contribution < -0.4 is 0 Å². The van der Waals surface area contributed by atoms with Crippen LogP contribution in [0.1, 0.15) is 37.8 Å².